The summed E-state index contributed by atoms with van der Waals surface area (Å²) in [6, 6.07) is 10.1. The molecule has 1 aliphatic rings. The highest BCUT2D eigenvalue weighted by Gasteiger charge is 2.37. The van der Waals surface area contributed by atoms with Crippen molar-refractivity contribution in [2.24, 2.45) is 13.0 Å². The van der Waals surface area contributed by atoms with Gasteiger partial charge in [0.05, 0.1) is 18.7 Å². The average molecular weight is 342 g/mol. The average Bonchev–Trinajstić information content (AvgIpc) is 3.27. The summed E-state index contributed by atoms with van der Waals surface area (Å²) in [4.78, 5) is 15.2. The van der Waals surface area contributed by atoms with Gasteiger partial charge in [-0.05, 0) is 11.1 Å². The molecule has 6 heteroatoms. The largest absolute Gasteiger partial charge is 0.383 e. The summed E-state index contributed by atoms with van der Waals surface area (Å²) in [5.41, 5.74) is 2.26. The Morgan fingerprint density at radius 2 is 2.16 bits per heavy atom. The van der Waals surface area contributed by atoms with Crippen LogP contribution in [0.3, 0.4) is 0 Å². The van der Waals surface area contributed by atoms with E-state index in [1.165, 1.54) is 0 Å². The maximum atomic E-state index is 13.2. The fourth-order valence-corrected chi connectivity index (χ4v) is 3.43. The van der Waals surface area contributed by atoms with Gasteiger partial charge in [-0.3, -0.25) is 9.48 Å². The second kappa shape index (κ2) is 8.27. The third-order valence-corrected chi connectivity index (χ3v) is 4.78. The van der Waals surface area contributed by atoms with Crippen molar-refractivity contribution in [3.05, 3.63) is 53.9 Å². The number of methoxy groups -OCH3 is 1. The molecule has 1 aliphatic heterocycles. The molecule has 3 rings (SSSR count). The fourth-order valence-electron chi connectivity index (χ4n) is 3.43. The number of amides is 1. The lowest BCUT2D eigenvalue weighted by Crippen LogP contribution is -2.40. The molecule has 0 aliphatic carbocycles. The van der Waals surface area contributed by atoms with Gasteiger partial charge in [-0.2, -0.15) is 5.10 Å². The van der Waals surface area contributed by atoms with Crippen molar-refractivity contribution in [1.82, 2.24) is 20.0 Å². The van der Waals surface area contributed by atoms with E-state index in [2.05, 4.69) is 22.5 Å². The Bertz CT molecular complexity index is 686. The van der Waals surface area contributed by atoms with E-state index in [1.54, 1.807) is 11.8 Å². The van der Waals surface area contributed by atoms with Gasteiger partial charge in [0.1, 0.15) is 0 Å². The Morgan fingerprint density at radius 1 is 1.36 bits per heavy atom. The normalized spacial score (nSPS) is 19.9. The van der Waals surface area contributed by atoms with Gasteiger partial charge in [-0.15, -0.1) is 0 Å². The van der Waals surface area contributed by atoms with E-state index in [1.807, 2.05) is 42.5 Å². The van der Waals surface area contributed by atoms with Gasteiger partial charge < -0.3 is 15.0 Å². The van der Waals surface area contributed by atoms with Crippen LogP contribution in [0.4, 0.5) is 0 Å². The highest BCUT2D eigenvalue weighted by Crippen LogP contribution is 2.29. The predicted molar refractivity (Wildman–Crippen MR) is 96.0 cm³/mol. The third kappa shape index (κ3) is 4.27. The Morgan fingerprint density at radius 3 is 2.84 bits per heavy atom. The molecule has 2 atom stereocenters. The molecular weight excluding hydrogens is 316 g/mol. The number of aryl methyl sites for hydroxylation is 1. The maximum absolute atomic E-state index is 13.2. The summed E-state index contributed by atoms with van der Waals surface area (Å²) in [6.07, 6.45) is 3.88. The van der Waals surface area contributed by atoms with E-state index in [9.17, 15) is 4.79 Å². The zero-order valence-corrected chi connectivity index (χ0v) is 14.9. The Balaban J connectivity index is 1.75. The molecule has 1 aromatic heterocycles. The van der Waals surface area contributed by atoms with Gasteiger partial charge in [-0.25, -0.2) is 0 Å². The fraction of sp³-hybridized carbons (Fsp3) is 0.474. The van der Waals surface area contributed by atoms with Crippen LogP contribution in [-0.2, 0) is 23.1 Å². The smallest absolute Gasteiger partial charge is 0.228 e. The second-order valence-corrected chi connectivity index (χ2v) is 6.56. The second-order valence-electron chi connectivity index (χ2n) is 6.56. The van der Waals surface area contributed by atoms with E-state index in [0.29, 0.717) is 26.2 Å². The number of benzene rings is 1. The topological polar surface area (TPSA) is 59.4 Å². The summed E-state index contributed by atoms with van der Waals surface area (Å²) in [5, 5.41) is 7.63. The summed E-state index contributed by atoms with van der Waals surface area (Å²) in [7, 11) is 3.57. The van der Waals surface area contributed by atoms with Crippen LogP contribution in [-0.4, -0.2) is 53.9 Å². The molecular formula is C19H26N4O2. The lowest BCUT2D eigenvalue weighted by molar-refractivity contribution is -0.136. The molecule has 2 heterocycles. The molecule has 0 bridgehead atoms. The van der Waals surface area contributed by atoms with Gasteiger partial charge in [0.2, 0.25) is 5.91 Å². The van der Waals surface area contributed by atoms with Gasteiger partial charge >= 0.3 is 0 Å². The van der Waals surface area contributed by atoms with E-state index in [4.69, 9.17) is 4.74 Å². The van der Waals surface area contributed by atoms with Crippen molar-refractivity contribution in [2.45, 2.75) is 12.5 Å². The summed E-state index contributed by atoms with van der Waals surface area (Å²) in [6.45, 7) is 3.26. The molecule has 0 unspecified atom stereocenters. The van der Waals surface area contributed by atoms with E-state index in [-0.39, 0.29) is 17.7 Å². The number of carbonyl (C=O) groups excluding carboxylic acids is 1. The number of hydrogen-bond donors (Lipinski definition) is 1. The van der Waals surface area contributed by atoms with Crippen molar-refractivity contribution in [1.29, 1.82) is 0 Å². The number of aromatic nitrogens is 2. The van der Waals surface area contributed by atoms with Crippen LogP contribution in [0.25, 0.3) is 0 Å². The molecule has 2 aromatic rings. The number of rotatable bonds is 7. The van der Waals surface area contributed by atoms with Crippen LogP contribution >= 0.6 is 0 Å². The number of nitrogens with zero attached hydrogens (tertiary/aromatic N) is 3. The third-order valence-electron chi connectivity index (χ3n) is 4.78. The molecule has 1 fully saturated rings. The first-order valence-electron chi connectivity index (χ1n) is 8.70. The van der Waals surface area contributed by atoms with Crippen LogP contribution < -0.4 is 5.32 Å². The quantitative estimate of drug-likeness (QED) is 0.826. The summed E-state index contributed by atoms with van der Waals surface area (Å²) in [5.74, 6) is 0.284. The van der Waals surface area contributed by atoms with Gasteiger partial charge in [0, 0.05) is 52.5 Å². The number of carbonyl (C=O) groups is 1. The van der Waals surface area contributed by atoms with Crippen molar-refractivity contribution >= 4 is 5.91 Å². The minimum absolute atomic E-state index is 0.0650. The molecule has 6 nitrogen and oxygen atoms in total. The van der Waals surface area contributed by atoms with E-state index < -0.39 is 0 Å². The molecule has 134 valence electrons. The van der Waals surface area contributed by atoms with Crippen LogP contribution in [0.2, 0.25) is 0 Å². The molecule has 1 saturated heterocycles. The first kappa shape index (κ1) is 17.6. The first-order chi connectivity index (χ1) is 12.2. The van der Waals surface area contributed by atoms with Crippen molar-refractivity contribution < 1.29 is 9.53 Å². The highest BCUT2D eigenvalue weighted by atomic mass is 16.5. The van der Waals surface area contributed by atoms with Crippen LogP contribution in [0.15, 0.2) is 42.7 Å². The van der Waals surface area contributed by atoms with Crippen molar-refractivity contribution in [3.63, 3.8) is 0 Å². The summed E-state index contributed by atoms with van der Waals surface area (Å²) < 4.78 is 7.01. The zero-order valence-electron chi connectivity index (χ0n) is 14.9. The molecule has 0 spiro atoms. The standard InChI is InChI=1S/C19H26N4O2/c1-22-14-16(10-21-22)17-11-20-12-18(17)19(24)23(8-9-25-2)13-15-6-4-3-5-7-15/h3-7,10,14,17-18,20H,8-9,11-13H2,1-2H3/t17-,18+/m1/s1. The molecule has 1 amide bonds. The zero-order chi connectivity index (χ0) is 17.6. The lowest BCUT2D eigenvalue weighted by atomic mass is 9.89. The molecule has 25 heavy (non-hydrogen) atoms. The maximum Gasteiger partial charge on any atom is 0.228 e. The summed E-state index contributed by atoms with van der Waals surface area (Å²) >= 11 is 0. The first-order valence-corrected chi connectivity index (χ1v) is 8.70. The molecule has 0 saturated carbocycles. The van der Waals surface area contributed by atoms with Crippen LogP contribution in [0.5, 0.6) is 0 Å². The number of nitrogens with one attached hydrogen (secondary N) is 1. The Kier molecular flexibility index (Phi) is 5.83. The Hall–Kier alpha value is -2.18. The van der Waals surface area contributed by atoms with Gasteiger partial charge in [0.25, 0.3) is 0 Å². The number of hydrogen-bond acceptors (Lipinski definition) is 4. The molecule has 0 radical (unpaired) electrons. The lowest BCUT2D eigenvalue weighted by Gasteiger charge is -2.27. The van der Waals surface area contributed by atoms with Crippen molar-refractivity contribution in [2.75, 3.05) is 33.4 Å². The number of ether oxygens (including phenoxy) is 1. The van der Waals surface area contributed by atoms with E-state index in [0.717, 1.165) is 17.7 Å². The van der Waals surface area contributed by atoms with E-state index >= 15 is 0 Å². The predicted octanol–water partition coefficient (Wildman–Crippen LogP) is 1.40. The van der Waals surface area contributed by atoms with Gasteiger partial charge in [0.15, 0.2) is 0 Å². The van der Waals surface area contributed by atoms with Crippen LogP contribution in [0.1, 0.15) is 17.0 Å². The monoisotopic (exact) mass is 342 g/mol. The SMILES string of the molecule is COCCN(Cc1ccccc1)C(=O)[C@H]1CNC[C@@H]1c1cnn(C)c1. The minimum Gasteiger partial charge on any atom is -0.383 e. The highest BCUT2D eigenvalue weighted by molar-refractivity contribution is 5.80. The molecule has 1 N–H and O–H groups in total. The van der Waals surface area contributed by atoms with Crippen molar-refractivity contribution in [3.8, 4) is 0 Å². The molecule has 1 aromatic carbocycles. The Labute approximate surface area is 148 Å². The van der Waals surface area contributed by atoms with Gasteiger partial charge in [-0.1, -0.05) is 30.3 Å². The minimum atomic E-state index is -0.0650. The van der Waals surface area contributed by atoms with Crippen LogP contribution in [0, 0.1) is 5.92 Å².